The third-order valence-corrected chi connectivity index (χ3v) is 2.58. The van der Waals surface area contributed by atoms with Crippen molar-refractivity contribution in [3.63, 3.8) is 0 Å². The van der Waals surface area contributed by atoms with Gasteiger partial charge in [-0.25, -0.2) is 4.98 Å². The van der Waals surface area contributed by atoms with Gasteiger partial charge in [0.25, 0.3) is 5.69 Å². The molecule has 0 spiro atoms. The SMILES string of the molecule is Cc1cc([N+](=O)[O-])cc(N2CCNCC2)n1. The van der Waals surface area contributed by atoms with Gasteiger partial charge in [0.2, 0.25) is 0 Å². The van der Waals surface area contributed by atoms with Crippen molar-refractivity contribution in [3.05, 3.63) is 27.9 Å². The minimum atomic E-state index is -0.375. The first-order valence-corrected chi connectivity index (χ1v) is 5.25. The van der Waals surface area contributed by atoms with E-state index in [9.17, 15) is 10.1 Å². The second-order valence-electron chi connectivity index (χ2n) is 3.82. The number of rotatable bonds is 2. The molecule has 0 aliphatic carbocycles. The minimum Gasteiger partial charge on any atom is -0.354 e. The Balaban J connectivity index is 2.28. The number of nitro groups is 1. The van der Waals surface area contributed by atoms with Crippen molar-refractivity contribution in [2.75, 3.05) is 31.1 Å². The van der Waals surface area contributed by atoms with E-state index in [1.165, 1.54) is 6.07 Å². The van der Waals surface area contributed by atoms with E-state index in [-0.39, 0.29) is 10.6 Å². The normalized spacial score (nSPS) is 16.2. The maximum Gasteiger partial charge on any atom is 0.274 e. The highest BCUT2D eigenvalue weighted by molar-refractivity contribution is 5.48. The molecule has 1 aliphatic heterocycles. The van der Waals surface area contributed by atoms with Crippen LogP contribution in [0.15, 0.2) is 12.1 Å². The Kier molecular flexibility index (Phi) is 3.00. The lowest BCUT2D eigenvalue weighted by molar-refractivity contribution is -0.384. The summed E-state index contributed by atoms with van der Waals surface area (Å²) in [7, 11) is 0. The maximum absolute atomic E-state index is 10.7. The fourth-order valence-electron chi connectivity index (χ4n) is 1.79. The minimum absolute atomic E-state index is 0.112. The van der Waals surface area contributed by atoms with Gasteiger partial charge in [0.1, 0.15) is 5.82 Å². The Morgan fingerprint density at radius 3 is 2.75 bits per heavy atom. The van der Waals surface area contributed by atoms with Crippen LogP contribution in [0.5, 0.6) is 0 Å². The number of hydrogen-bond donors (Lipinski definition) is 1. The first-order valence-electron chi connectivity index (χ1n) is 5.25. The Labute approximate surface area is 93.4 Å². The van der Waals surface area contributed by atoms with Gasteiger partial charge in [-0.3, -0.25) is 10.1 Å². The highest BCUT2D eigenvalue weighted by atomic mass is 16.6. The van der Waals surface area contributed by atoms with Crippen molar-refractivity contribution in [3.8, 4) is 0 Å². The summed E-state index contributed by atoms with van der Waals surface area (Å²) in [5.74, 6) is 0.702. The molecule has 0 radical (unpaired) electrons. The smallest absolute Gasteiger partial charge is 0.274 e. The van der Waals surface area contributed by atoms with Crippen LogP contribution >= 0.6 is 0 Å². The monoisotopic (exact) mass is 222 g/mol. The Bertz CT molecular complexity index is 402. The van der Waals surface area contributed by atoms with Crippen LogP contribution in [-0.2, 0) is 0 Å². The van der Waals surface area contributed by atoms with Gasteiger partial charge in [0.05, 0.1) is 11.0 Å². The lowest BCUT2D eigenvalue weighted by Gasteiger charge is -2.28. The van der Waals surface area contributed by atoms with E-state index in [0.29, 0.717) is 11.5 Å². The topological polar surface area (TPSA) is 71.3 Å². The highest BCUT2D eigenvalue weighted by Gasteiger charge is 2.16. The van der Waals surface area contributed by atoms with Gasteiger partial charge < -0.3 is 10.2 Å². The van der Waals surface area contributed by atoms with Gasteiger partial charge in [-0.15, -0.1) is 0 Å². The first-order chi connectivity index (χ1) is 7.66. The summed E-state index contributed by atoms with van der Waals surface area (Å²) in [5, 5.41) is 14.0. The van der Waals surface area contributed by atoms with Crippen LogP contribution in [0, 0.1) is 17.0 Å². The van der Waals surface area contributed by atoms with Crippen LogP contribution in [0.25, 0.3) is 0 Å². The molecular formula is C10H14N4O2. The Morgan fingerprint density at radius 1 is 1.44 bits per heavy atom. The number of nitrogens with zero attached hydrogens (tertiary/aromatic N) is 3. The van der Waals surface area contributed by atoms with Crippen LogP contribution in [0.3, 0.4) is 0 Å². The molecule has 1 saturated heterocycles. The van der Waals surface area contributed by atoms with E-state index in [2.05, 4.69) is 15.2 Å². The summed E-state index contributed by atoms with van der Waals surface area (Å²) in [4.78, 5) is 16.8. The molecule has 1 fully saturated rings. The average Bonchev–Trinajstić information content (AvgIpc) is 2.29. The quantitative estimate of drug-likeness (QED) is 0.589. The molecular weight excluding hydrogens is 208 g/mol. The molecule has 6 heteroatoms. The van der Waals surface area contributed by atoms with Gasteiger partial charge in [0.15, 0.2) is 0 Å². The van der Waals surface area contributed by atoms with Gasteiger partial charge in [-0.05, 0) is 6.92 Å². The molecule has 1 N–H and O–H groups in total. The number of nitrogens with one attached hydrogen (secondary N) is 1. The number of anilines is 1. The molecule has 6 nitrogen and oxygen atoms in total. The molecule has 16 heavy (non-hydrogen) atoms. The van der Waals surface area contributed by atoms with E-state index < -0.39 is 0 Å². The number of pyridine rings is 1. The third kappa shape index (κ3) is 2.27. The predicted molar refractivity (Wildman–Crippen MR) is 60.7 cm³/mol. The lowest BCUT2D eigenvalue weighted by Crippen LogP contribution is -2.43. The molecule has 0 aromatic carbocycles. The van der Waals surface area contributed by atoms with Crippen LogP contribution in [0.2, 0.25) is 0 Å². The van der Waals surface area contributed by atoms with Crippen molar-refractivity contribution in [1.29, 1.82) is 0 Å². The number of aromatic nitrogens is 1. The molecule has 86 valence electrons. The van der Waals surface area contributed by atoms with Crippen molar-refractivity contribution >= 4 is 11.5 Å². The van der Waals surface area contributed by atoms with Crippen LogP contribution in [0.4, 0.5) is 11.5 Å². The molecule has 1 aliphatic rings. The molecule has 2 rings (SSSR count). The van der Waals surface area contributed by atoms with Crippen molar-refractivity contribution in [2.45, 2.75) is 6.92 Å². The van der Waals surface area contributed by atoms with Crippen molar-refractivity contribution < 1.29 is 4.92 Å². The molecule has 0 atom stereocenters. The number of hydrogen-bond acceptors (Lipinski definition) is 5. The summed E-state index contributed by atoms with van der Waals surface area (Å²) in [5.41, 5.74) is 0.795. The zero-order chi connectivity index (χ0) is 11.5. The van der Waals surface area contributed by atoms with E-state index >= 15 is 0 Å². The zero-order valence-electron chi connectivity index (χ0n) is 9.14. The molecule has 1 aromatic heterocycles. The van der Waals surface area contributed by atoms with Crippen LogP contribution in [0.1, 0.15) is 5.69 Å². The van der Waals surface area contributed by atoms with Gasteiger partial charge in [-0.2, -0.15) is 0 Å². The van der Waals surface area contributed by atoms with Gasteiger partial charge in [-0.1, -0.05) is 0 Å². The van der Waals surface area contributed by atoms with Crippen LogP contribution < -0.4 is 10.2 Å². The lowest BCUT2D eigenvalue weighted by atomic mass is 10.3. The molecule has 2 heterocycles. The highest BCUT2D eigenvalue weighted by Crippen LogP contribution is 2.20. The average molecular weight is 222 g/mol. The fraction of sp³-hybridized carbons (Fsp3) is 0.500. The second kappa shape index (κ2) is 4.44. The van der Waals surface area contributed by atoms with E-state index in [4.69, 9.17) is 0 Å². The third-order valence-electron chi connectivity index (χ3n) is 2.58. The molecule has 0 amide bonds. The van der Waals surface area contributed by atoms with Crippen molar-refractivity contribution in [1.82, 2.24) is 10.3 Å². The molecule has 0 unspecified atom stereocenters. The molecule has 1 aromatic rings. The first kappa shape index (κ1) is 10.8. The summed E-state index contributed by atoms with van der Waals surface area (Å²) in [6, 6.07) is 3.03. The molecule has 0 bridgehead atoms. The fourth-order valence-corrected chi connectivity index (χ4v) is 1.79. The summed E-state index contributed by atoms with van der Waals surface area (Å²) in [6.45, 7) is 5.24. The van der Waals surface area contributed by atoms with E-state index in [1.807, 2.05) is 0 Å². The Morgan fingerprint density at radius 2 is 2.12 bits per heavy atom. The van der Waals surface area contributed by atoms with Crippen molar-refractivity contribution in [2.24, 2.45) is 0 Å². The summed E-state index contributed by atoms with van der Waals surface area (Å²) < 4.78 is 0. The maximum atomic E-state index is 10.7. The summed E-state index contributed by atoms with van der Waals surface area (Å²) in [6.07, 6.45) is 0. The predicted octanol–water partition coefficient (Wildman–Crippen LogP) is 0.708. The number of piperazine rings is 1. The zero-order valence-corrected chi connectivity index (χ0v) is 9.14. The Hall–Kier alpha value is -1.69. The molecule has 0 saturated carbocycles. The largest absolute Gasteiger partial charge is 0.354 e. The summed E-state index contributed by atoms with van der Waals surface area (Å²) >= 11 is 0. The van der Waals surface area contributed by atoms with E-state index in [1.54, 1.807) is 13.0 Å². The standard InChI is InChI=1S/C10H14N4O2/c1-8-6-9(14(15)16)7-10(12-8)13-4-2-11-3-5-13/h6-7,11H,2-5H2,1H3. The van der Waals surface area contributed by atoms with E-state index in [0.717, 1.165) is 26.2 Å². The van der Waals surface area contributed by atoms with Crippen LogP contribution in [-0.4, -0.2) is 36.1 Å². The van der Waals surface area contributed by atoms with Gasteiger partial charge in [0, 0.05) is 37.9 Å². The van der Waals surface area contributed by atoms with Gasteiger partial charge >= 0.3 is 0 Å². The number of aryl methyl sites for hydroxylation is 1. The second-order valence-corrected chi connectivity index (χ2v) is 3.82.